The number of carbonyl (C=O) groups is 2. The van der Waals surface area contributed by atoms with E-state index in [0.29, 0.717) is 48.1 Å². The van der Waals surface area contributed by atoms with Gasteiger partial charge in [-0.1, -0.05) is 42.5 Å². The number of anilines is 2. The van der Waals surface area contributed by atoms with Gasteiger partial charge in [0.05, 0.1) is 18.5 Å². The van der Waals surface area contributed by atoms with Crippen molar-refractivity contribution in [1.29, 1.82) is 0 Å². The van der Waals surface area contributed by atoms with E-state index in [1.165, 1.54) is 11.1 Å². The molecule has 3 aromatic carbocycles. The third-order valence-corrected chi connectivity index (χ3v) is 9.31. The molecular weight excluding hydrogens is 564 g/mol. The summed E-state index contributed by atoms with van der Waals surface area (Å²) >= 11 is 0. The molecule has 0 spiro atoms. The van der Waals surface area contributed by atoms with Crippen LogP contribution in [0.1, 0.15) is 50.7 Å². The fraction of sp³-hybridized carbons (Fsp3) is 0.270. The Morgan fingerprint density at radius 3 is 2.42 bits per heavy atom. The van der Waals surface area contributed by atoms with Gasteiger partial charge < -0.3 is 24.4 Å². The Hall–Kier alpha value is -5.11. The summed E-state index contributed by atoms with van der Waals surface area (Å²) in [6, 6.07) is 28.4. The minimum absolute atomic E-state index is 0.0504. The highest BCUT2D eigenvalue weighted by molar-refractivity contribution is 6.07. The zero-order valence-corrected chi connectivity index (χ0v) is 25.3. The number of amides is 2. The maximum Gasteiger partial charge on any atom is 0.255 e. The molecule has 1 fully saturated rings. The molecule has 0 radical (unpaired) electrons. The van der Waals surface area contributed by atoms with Gasteiger partial charge in [0.15, 0.2) is 0 Å². The maximum absolute atomic E-state index is 13.8. The second-order valence-corrected chi connectivity index (χ2v) is 12.1. The molecule has 1 aromatic heterocycles. The average molecular weight is 601 g/mol. The summed E-state index contributed by atoms with van der Waals surface area (Å²) in [7, 11) is 1.59. The second kappa shape index (κ2) is 12.1. The monoisotopic (exact) mass is 600 g/mol. The topological polar surface area (TPSA) is 83.9 Å². The van der Waals surface area contributed by atoms with Gasteiger partial charge in [0.25, 0.3) is 17.4 Å². The third kappa shape index (κ3) is 5.76. The highest BCUT2D eigenvalue weighted by Crippen LogP contribution is 2.39. The number of ether oxygens (including phenoxy) is 1. The second-order valence-electron chi connectivity index (χ2n) is 12.1. The number of nitrogens with one attached hydrogen (secondary N) is 1. The van der Waals surface area contributed by atoms with Gasteiger partial charge in [-0.3, -0.25) is 14.4 Å². The van der Waals surface area contributed by atoms with Crippen molar-refractivity contribution in [3.05, 3.63) is 130 Å². The van der Waals surface area contributed by atoms with Gasteiger partial charge >= 0.3 is 0 Å². The quantitative estimate of drug-likeness (QED) is 0.309. The zero-order chi connectivity index (χ0) is 30.9. The van der Waals surface area contributed by atoms with E-state index in [9.17, 15) is 14.4 Å². The van der Waals surface area contributed by atoms with E-state index >= 15 is 0 Å². The van der Waals surface area contributed by atoms with Crippen molar-refractivity contribution in [3.63, 3.8) is 0 Å². The standard InChI is InChI=1S/C37H36N4O4/c1-45-31-13-10-28(11-14-31)36(43)38-32-21-29(37(44)39-18-16-27(17-19-39)26-6-3-2-4-7-26)12-15-34(32)40-22-25-20-30(24-40)33-8-5-9-35(42)41(33)23-25/h2-16,21,25,30H,17-20,22-24H2,1H3,(H,38,43). The predicted octanol–water partition coefficient (Wildman–Crippen LogP) is 5.66. The molecule has 2 bridgehead atoms. The smallest absolute Gasteiger partial charge is 0.255 e. The van der Waals surface area contributed by atoms with Crippen LogP contribution >= 0.6 is 0 Å². The van der Waals surface area contributed by atoms with Crippen LogP contribution in [0.4, 0.5) is 11.4 Å². The van der Waals surface area contributed by atoms with Crippen molar-refractivity contribution >= 4 is 28.8 Å². The van der Waals surface area contributed by atoms with Gasteiger partial charge in [0.1, 0.15) is 5.75 Å². The number of nitrogens with zero attached hydrogens (tertiary/aromatic N) is 3. The molecule has 8 heteroatoms. The van der Waals surface area contributed by atoms with E-state index in [2.05, 4.69) is 34.5 Å². The number of hydrogen-bond donors (Lipinski definition) is 1. The number of hydrogen-bond acceptors (Lipinski definition) is 5. The number of rotatable bonds is 6. The molecule has 0 aliphatic carbocycles. The molecule has 45 heavy (non-hydrogen) atoms. The highest BCUT2D eigenvalue weighted by atomic mass is 16.5. The lowest BCUT2D eigenvalue weighted by molar-refractivity contribution is 0.0772. The van der Waals surface area contributed by atoms with E-state index in [4.69, 9.17) is 4.74 Å². The first-order valence-electron chi connectivity index (χ1n) is 15.5. The molecule has 2 atom stereocenters. The van der Waals surface area contributed by atoms with Crippen LogP contribution in [0.5, 0.6) is 5.75 Å². The Morgan fingerprint density at radius 2 is 1.67 bits per heavy atom. The van der Waals surface area contributed by atoms with Crippen LogP contribution in [0.2, 0.25) is 0 Å². The van der Waals surface area contributed by atoms with Crippen LogP contribution in [0.25, 0.3) is 5.57 Å². The summed E-state index contributed by atoms with van der Waals surface area (Å²) < 4.78 is 7.18. The summed E-state index contributed by atoms with van der Waals surface area (Å²) in [5.41, 5.74) is 6.07. The molecule has 228 valence electrons. The lowest BCUT2D eigenvalue weighted by Gasteiger charge is -2.44. The van der Waals surface area contributed by atoms with Gasteiger partial charge in [0.2, 0.25) is 0 Å². The van der Waals surface area contributed by atoms with Crippen LogP contribution in [0.3, 0.4) is 0 Å². The minimum Gasteiger partial charge on any atom is -0.497 e. The minimum atomic E-state index is -0.258. The SMILES string of the molecule is COc1ccc(C(=O)Nc2cc(C(=O)N3CC=C(c4ccccc4)CC3)ccc2N2CC3CC(C2)c2cccc(=O)n2C3)cc1. The van der Waals surface area contributed by atoms with Crippen molar-refractivity contribution in [3.8, 4) is 5.75 Å². The lowest BCUT2D eigenvalue weighted by Crippen LogP contribution is -2.47. The normalized spacial score (nSPS) is 18.9. The Balaban J connectivity index is 1.18. The molecule has 2 unspecified atom stereocenters. The number of pyridine rings is 1. The summed E-state index contributed by atoms with van der Waals surface area (Å²) in [6.45, 7) is 3.32. The summed E-state index contributed by atoms with van der Waals surface area (Å²) in [6.07, 6.45) is 3.95. The third-order valence-electron chi connectivity index (χ3n) is 9.31. The lowest BCUT2D eigenvalue weighted by atomic mass is 9.83. The number of aromatic nitrogens is 1. The fourth-order valence-corrected chi connectivity index (χ4v) is 7.03. The van der Waals surface area contributed by atoms with E-state index < -0.39 is 0 Å². The van der Waals surface area contributed by atoms with Gasteiger partial charge in [-0.25, -0.2) is 0 Å². The molecule has 2 amide bonds. The molecule has 8 nitrogen and oxygen atoms in total. The van der Waals surface area contributed by atoms with Crippen molar-refractivity contribution in [1.82, 2.24) is 9.47 Å². The van der Waals surface area contributed by atoms with Crippen molar-refractivity contribution in [2.45, 2.75) is 25.3 Å². The first kappa shape index (κ1) is 28.6. The highest BCUT2D eigenvalue weighted by Gasteiger charge is 2.35. The van der Waals surface area contributed by atoms with Crippen LogP contribution in [0.15, 0.2) is 102 Å². The summed E-state index contributed by atoms with van der Waals surface area (Å²) in [5.74, 6) is 0.864. The Kier molecular flexibility index (Phi) is 7.71. The van der Waals surface area contributed by atoms with Gasteiger partial charge in [-0.05, 0) is 78.4 Å². The van der Waals surface area contributed by atoms with E-state index in [1.54, 1.807) is 37.4 Å². The number of carbonyl (C=O) groups excluding carboxylic acids is 2. The first-order chi connectivity index (χ1) is 22.0. The molecule has 4 aromatic rings. The molecular formula is C37H36N4O4. The molecule has 7 rings (SSSR count). The van der Waals surface area contributed by atoms with E-state index in [0.717, 1.165) is 37.3 Å². The van der Waals surface area contributed by atoms with E-state index in [-0.39, 0.29) is 23.3 Å². The summed E-state index contributed by atoms with van der Waals surface area (Å²) in [4.78, 5) is 44.0. The number of fused-ring (bicyclic) bond motifs is 4. The van der Waals surface area contributed by atoms with Crippen LogP contribution in [-0.4, -0.2) is 54.6 Å². The Bertz CT molecular complexity index is 1830. The predicted molar refractivity (Wildman–Crippen MR) is 176 cm³/mol. The van der Waals surface area contributed by atoms with Crippen LogP contribution < -0.4 is 20.5 Å². The van der Waals surface area contributed by atoms with Gasteiger partial charge in [-0.15, -0.1) is 0 Å². The Morgan fingerprint density at radius 1 is 0.867 bits per heavy atom. The maximum atomic E-state index is 13.8. The van der Waals surface area contributed by atoms with Crippen molar-refractivity contribution in [2.24, 2.45) is 5.92 Å². The van der Waals surface area contributed by atoms with Gasteiger partial charge in [0, 0.05) is 61.5 Å². The van der Waals surface area contributed by atoms with Crippen LogP contribution in [-0.2, 0) is 6.54 Å². The van der Waals surface area contributed by atoms with Gasteiger partial charge in [-0.2, -0.15) is 0 Å². The van der Waals surface area contributed by atoms with E-state index in [1.807, 2.05) is 51.9 Å². The average Bonchev–Trinajstić information content (AvgIpc) is 3.09. The Labute approximate surface area is 262 Å². The van der Waals surface area contributed by atoms with Crippen LogP contribution in [0, 0.1) is 5.92 Å². The molecule has 0 saturated carbocycles. The number of methoxy groups -OCH3 is 1. The van der Waals surface area contributed by atoms with Crippen molar-refractivity contribution in [2.75, 3.05) is 43.5 Å². The zero-order valence-electron chi connectivity index (χ0n) is 25.3. The molecule has 3 aliphatic rings. The number of benzene rings is 3. The summed E-state index contributed by atoms with van der Waals surface area (Å²) in [5, 5.41) is 3.12. The molecule has 1 N–H and O–H groups in total. The molecule has 4 heterocycles. The first-order valence-corrected chi connectivity index (χ1v) is 15.5. The molecule has 3 aliphatic heterocycles. The van der Waals surface area contributed by atoms with Crippen molar-refractivity contribution < 1.29 is 14.3 Å². The largest absolute Gasteiger partial charge is 0.497 e. The number of piperidine rings is 1. The molecule has 1 saturated heterocycles. The fourth-order valence-electron chi connectivity index (χ4n) is 7.03.